The summed E-state index contributed by atoms with van der Waals surface area (Å²) < 4.78 is 0. The van der Waals surface area contributed by atoms with Gasteiger partial charge in [-0.05, 0) is 30.7 Å². The molecule has 2 aromatic carbocycles. The summed E-state index contributed by atoms with van der Waals surface area (Å²) in [6.07, 6.45) is 0. The van der Waals surface area contributed by atoms with E-state index in [4.69, 9.17) is 34.8 Å². The van der Waals surface area contributed by atoms with E-state index in [9.17, 15) is 4.79 Å². The molecule has 2 nitrogen and oxygen atoms in total. The van der Waals surface area contributed by atoms with Gasteiger partial charge in [-0.2, -0.15) is 0 Å². The van der Waals surface area contributed by atoms with Crippen LogP contribution in [0.3, 0.4) is 0 Å². The van der Waals surface area contributed by atoms with Gasteiger partial charge in [-0.25, -0.2) is 0 Å². The van der Waals surface area contributed by atoms with Crippen LogP contribution < -0.4 is 5.32 Å². The molecule has 0 spiro atoms. The van der Waals surface area contributed by atoms with Crippen LogP contribution in [-0.4, -0.2) is 5.91 Å². The molecule has 0 saturated carbocycles. The molecule has 1 amide bonds. The van der Waals surface area contributed by atoms with Crippen molar-refractivity contribution >= 4 is 40.7 Å². The molecule has 1 unspecified atom stereocenters. The van der Waals surface area contributed by atoms with E-state index in [1.165, 1.54) is 0 Å². The van der Waals surface area contributed by atoms with Gasteiger partial charge in [-0.15, -0.1) is 0 Å². The summed E-state index contributed by atoms with van der Waals surface area (Å²) in [6.45, 7) is 1.85. The highest BCUT2D eigenvalue weighted by molar-refractivity contribution is 6.39. The molecule has 1 N–H and O–H groups in total. The zero-order valence-electron chi connectivity index (χ0n) is 10.7. The molecular weight excluding hydrogens is 317 g/mol. The Morgan fingerprint density at radius 3 is 2.10 bits per heavy atom. The molecule has 0 radical (unpaired) electrons. The molecule has 2 rings (SSSR count). The molecule has 0 saturated heterocycles. The van der Waals surface area contributed by atoms with Gasteiger partial charge in [0.15, 0.2) is 0 Å². The zero-order valence-corrected chi connectivity index (χ0v) is 12.9. The van der Waals surface area contributed by atoms with Crippen molar-refractivity contribution in [2.45, 2.75) is 13.0 Å². The number of rotatable bonds is 3. The SMILES string of the molecule is CC(NC(=O)c1c(Cl)cccc1Cl)c1ccccc1Cl. The summed E-state index contributed by atoms with van der Waals surface area (Å²) in [5.41, 5.74) is 1.11. The van der Waals surface area contributed by atoms with E-state index in [1.54, 1.807) is 24.3 Å². The van der Waals surface area contributed by atoms with Crippen molar-refractivity contribution in [3.8, 4) is 0 Å². The van der Waals surface area contributed by atoms with Gasteiger partial charge in [0.2, 0.25) is 0 Å². The molecule has 5 heteroatoms. The first-order valence-electron chi connectivity index (χ1n) is 6.00. The standard InChI is InChI=1S/C15H12Cl3NO/c1-9(10-5-2-3-6-11(10)16)19-15(20)14-12(17)7-4-8-13(14)18/h2-9H,1H3,(H,19,20). The lowest BCUT2D eigenvalue weighted by Crippen LogP contribution is -2.27. The number of amides is 1. The molecule has 104 valence electrons. The minimum Gasteiger partial charge on any atom is -0.345 e. The Morgan fingerprint density at radius 2 is 1.50 bits per heavy atom. The second-order valence-corrected chi connectivity index (χ2v) is 5.53. The van der Waals surface area contributed by atoms with Gasteiger partial charge in [0.25, 0.3) is 5.91 Å². The fourth-order valence-electron chi connectivity index (χ4n) is 1.89. The molecule has 0 aliphatic rings. The number of carbonyl (C=O) groups is 1. The van der Waals surface area contributed by atoms with Gasteiger partial charge in [-0.3, -0.25) is 4.79 Å². The smallest absolute Gasteiger partial charge is 0.254 e. The van der Waals surface area contributed by atoms with E-state index in [0.717, 1.165) is 5.56 Å². The number of hydrogen-bond donors (Lipinski definition) is 1. The van der Waals surface area contributed by atoms with Crippen molar-refractivity contribution in [2.75, 3.05) is 0 Å². The predicted octanol–water partition coefficient (Wildman–Crippen LogP) is 5.14. The van der Waals surface area contributed by atoms with E-state index < -0.39 is 0 Å². The van der Waals surface area contributed by atoms with Crippen molar-refractivity contribution in [2.24, 2.45) is 0 Å². The predicted molar refractivity (Wildman–Crippen MR) is 83.8 cm³/mol. The summed E-state index contributed by atoms with van der Waals surface area (Å²) in [5.74, 6) is -0.326. The number of benzene rings is 2. The van der Waals surface area contributed by atoms with Gasteiger partial charge >= 0.3 is 0 Å². The van der Waals surface area contributed by atoms with Crippen molar-refractivity contribution in [3.63, 3.8) is 0 Å². The largest absolute Gasteiger partial charge is 0.345 e. The number of carbonyl (C=O) groups excluding carboxylic acids is 1. The molecule has 2 aromatic rings. The van der Waals surface area contributed by atoms with Gasteiger partial charge in [0.05, 0.1) is 21.7 Å². The highest BCUT2D eigenvalue weighted by Gasteiger charge is 2.18. The molecule has 0 aliphatic heterocycles. The summed E-state index contributed by atoms with van der Waals surface area (Å²) in [6, 6.07) is 12.1. The van der Waals surface area contributed by atoms with E-state index in [1.807, 2.05) is 25.1 Å². The minimum atomic E-state index is -0.326. The van der Waals surface area contributed by atoms with Crippen LogP contribution in [-0.2, 0) is 0 Å². The number of hydrogen-bond acceptors (Lipinski definition) is 1. The van der Waals surface area contributed by atoms with Crippen LogP contribution in [0.5, 0.6) is 0 Å². The Hall–Kier alpha value is -1.22. The average molecular weight is 329 g/mol. The second-order valence-electron chi connectivity index (χ2n) is 4.31. The summed E-state index contributed by atoms with van der Waals surface area (Å²) in [5, 5.41) is 4.09. The zero-order chi connectivity index (χ0) is 14.7. The fraction of sp³-hybridized carbons (Fsp3) is 0.133. The lowest BCUT2D eigenvalue weighted by Gasteiger charge is -2.16. The average Bonchev–Trinajstić information content (AvgIpc) is 2.38. The lowest BCUT2D eigenvalue weighted by molar-refractivity contribution is 0.0940. The highest BCUT2D eigenvalue weighted by atomic mass is 35.5. The normalized spacial score (nSPS) is 12.0. The molecule has 0 aromatic heterocycles. The molecule has 0 heterocycles. The van der Waals surface area contributed by atoms with Crippen molar-refractivity contribution in [1.82, 2.24) is 5.32 Å². The van der Waals surface area contributed by atoms with Gasteiger partial charge < -0.3 is 5.32 Å². The highest BCUT2D eigenvalue weighted by Crippen LogP contribution is 2.26. The Balaban J connectivity index is 2.22. The van der Waals surface area contributed by atoms with Crippen LogP contribution in [0, 0.1) is 0 Å². The maximum Gasteiger partial charge on any atom is 0.254 e. The topological polar surface area (TPSA) is 29.1 Å². The Morgan fingerprint density at radius 1 is 0.950 bits per heavy atom. The second kappa shape index (κ2) is 6.49. The maximum absolute atomic E-state index is 12.3. The Labute approximate surface area is 132 Å². The van der Waals surface area contributed by atoms with Crippen LogP contribution >= 0.6 is 34.8 Å². The fourth-order valence-corrected chi connectivity index (χ4v) is 2.76. The van der Waals surface area contributed by atoms with E-state index in [0.29, 0.717) is 15.1 Å². The third-order valence-corrected chi connectivity index (χ3v) is 3.88. The van der Waals surface area contributed by atoms with Crippen molar-refractivity contribution in [1.29, 1.82) is 0 Å². The monoisotopic (exact) mass is 327 g/mol. The molecule has 0 fully saturated rings. The van der Waals surface area contributed by atoms with Gasteiger partial charge in [0, 0.05) is 5.02 Å². The van der Waals surface area contributed by atoms with Crippen LogP contribution in [0.15, 0.2) is 42.5 Å². The third kappa shape index (κ3) is 3.26. The van der Waals surface area contributed by atoms with E-state index in [-0.39, 0.29) is 17.5 Å². The van der Waals surface area contributed by atoms with Crippen LogP contribution in [0.4, 0.5) is 0 Å². The molecule has 0 bridgehead atoms. The van der Waals surface area contributed by atoms with Crippen molar-refractivity contribution < 1.29 is 4.79 Å². The minimum absolute atomic E-state index is 0.247. The van der Waals surface area contributed by atoms with E-state index >= 15 is 0 Å². The first-order valence-corrected chi connectivity index (χ1v) is 7.13. The quantitative estimate of drug-likeness (QED) is 0.830. The molecule has 1 atom stereocenters. The molecule has 20 heavy (non-hydrogen) atoms. The molecule has 0 aliphatic carbocycles. The van der Waals surface area contributed by atoms with Gasteiger partial charge in [-0.1, -0.05) is 59.1 Å². The Bertz CT molecular complexity index is 623. The third-order valence-electron chi connectivity index (χ3n) is 2.91. The summed E-state index contributed by atoms with van der Waals surface area (Å²) >= 11 is 18.1. The number of nitrogens with one attached hydrogen (secondary N) is 1. The molecular formula is C15H12Cl3NO. The number of halogens is 3. The Kier molecular flexibility index (Phi) is 4.92. The van der Waals surface area contributed by atoms with Crippen LogP contribution in [0.2, 0.25) is 15.1 Å². The van der Waals surface area contributed by atoms with Crippen molar-refractivity contribution in [3.05, 3.63) is 68.7 Å². The first kappa shape index (κ1) is 15.2. The maximum atomic E-state index is 12.3. The van der Waals surface area contributed by atoms with Crippen LogP contribution in [0.25, 0.3) is 0 Å². The van der Waals surface area contributed by atoms with E-state index in [2.05, 4.69) is 5.32 Å². The lowest BCUT2D eigenvalue weighted by atomic mass is 10.1. The van der Waals surface area contributed by atoms with Crippen LogP contribution in [0.1, 0.15) is 28.9 Å². The van der Waals surface area contributed by atoms with Gasteiger partial charge in [0.1, 0.15) is 0 Å². The summed E-state index contributed by atoms with van der Waals surface area (Å²) in [4.78, 5) is 12.3. The first-order chi connectivity index (χ1) is 9.50. The summed E-state index contributed by atoms with van der Waals surface area (Å²) in [7, 11) is 0.